The molecule has 6 heteroatoms. The molecule has 0 saturated carbocycles. The van der Waals surface area contributed by atoms with Gasteiger partial charge < -0.3 is 15.8 Å². The normalized spacial score (nSPS) is 10.7. The lowest BCUT2D eigenvalue weighted by atomic mass is 10.2. The SMILES string of the molecule is CC(C)Oc1c(N)nsc1NCc1cccc(Cl)c1. The molecule has 0 fully saturated rings. The van der Waals surface area contributed by atoms with Crippen LogP contribution in [0.1, 0.15) is 19.4 Å². The number of halogens is 1. The summed E-state index contributed by atoms with van der Waals surface area (Å²) in [5.74, 6) is 1.05. The van der Waals surface area contributed by atoms with Crippen molar-refractivity contribution in [1.29, 1.82) is 0 Å². The molecule has 1 heterocycles. The van der Waals surface area contributed by atoms with Gasteiger partial charge in [0.15, 0.2) is 16.6 Å². The molecule has 19 heavy (non-hydrogen) atoms. The summed E-state index contributed by atoms with van der Waals surface area (Å²) >= 11 is 7.25. The Balaban J connectivity index is 2.07. The number of hydrogen-bond acceptors (Lipinski definition) is 5. The molecule has 4 nitrogen and oxygen atoms in total. The maximum atomic E-state index is 5.95. The van der Waals surface area contributed by atoms with Gasteiger partial charge in [0.25, 0.3) is 0 Å². The number of aromatic nitrogens is 1. The Labute approximate surface area is 121 Å². The average Bonchev–Trinajstić information content (AvgIpc) is 2.68. The molecule has 2 rings (SSSR count). The molecule has 0 aliphatic carbocycles. The first kappa shape index (κ1) is 14.0. The van der Waals surface area contributed by atoms with Crippen LogP contribution >= 0.6 is 23.1 Å². The molecule has 0 spiro atoms. The Morgan fingerprint density at radius 2 is 2.26 bits per heavy atom. The summed E-state index contributed by atoms with van der Waals surface area (Å²) < 4.78 is 9.77. The van der Waals surface area contributed by atoms with Gasteiger partial charge in [-0.25, -0.2) is 0 Å². The van der Waals surface area contributed by atoms with E-state index in [2.05, 4.69) is 9.69 Å². The van der Waals surface area contributed by atoms with Crippen molar-refractivity contribution in [3.63, 3.8) is 0 Å². The summed E-state index contributed by atoms with van der Waals surface area (Å²) in [6.45, 7) is 4.56. The molecule has 0 radical (unpaired) electrons. The van der Waals surface area contributed by atoms with E-state index in [0.29, 0.717) is 18.1 Å². The highest BCUT2D eigenvalue weighted by atomic mass is 35.5. The summed E-state index contributed by atoms with van der Waals surface area (Å²) in [5, 5.41) is 4.84. The Hall–Kier alpha value is -1.46. The van der Waals surface area contributed by atoms with Crippen molar-refractivity contribution in [2.24, 2.45) is 0 Å². The van der Waals surface area contributed by atoms with Gasteiger partial charge in [-0.05, 0) is 43.1 Å². The molecule has 1 aromatic heterocycles. The number of nitrogen functional groups attached to an aromatic ring is 1. The highest BCUT2D eigenvalue weighted by Crippen LogP contribution is 2.36. The molecular formula is C13H16ClN3OS. The van der Waals surface area contributed by atoms with Gasteiger partial charge in [-0.3, -0.25) is 0 Å². The third-order valence-corrected chi connectivity index (χ3v) is 3.41. The molecule has 0 amide bonds. The Morgan fingerprint density at radius 3 is 2.95 bits per heavy atom. The molecule has 0 aliphatic heterocycles. The van der Waals surface area contributed by atoms with E-state index in [9.17, 15) is 0 Å². The van der Waals surface area contributed by atoms with E-state index >= 15 is 0 Å². The molecule has 3 N–H and O–H groups in total. The Bertz CT molecular complexity index is 557. The number of hydrogen-bond donors (Lipinski definition) is 2. The minimum atomic E-state index is 0.0606. The van der Waals surface area contributed by atoms with Gasteiger partial charge in [-0.1, -0.05) is 23.7 Å². The molecule has 0 aliphatic rings. The fourth-order valence-corrected chi connectivity index (χ4v) is 2.44. The molecular weight excluding hydrogens is 282 g/mol. The van der Waals surface area contributed by atoms with Gasteiger partial charge in [-0.2, -0.15) is 4.37 Å². The van der Waals surface area contributed by atoms with Gasteiger partial charge in [0, 0.05) is 11.6 Å². The number of nitrogens with two attached hydrogens (primary N) is 1. The second kappa shape index (κ2) is 6.12. The maximum absolute atomic E-state index is 5.95. The van der Waals surface area contributed by atoms with E-state index in [1.807, 2.05) is 38.1 Å². The van der Waals surface area contributed by atoms with E-state index < -0.39 is 0 Å². The molecule has 2 aromatic rings. The third-order valence-electron chi connectivity index (χ3n) is 2.37. The monoisotopic (exact) mass is 297 g/mol. The van der Waals surface area contributed by atoms with Crippen LogP contribution in [0.5, 0.6) is 5.75 Å². The van der Waals surface area contributed by atoms with Gasteiger partial charge in [0.1, 0.15) is 0 Å². The topological polar surface area (TPSA) is 60.2 Å². The van der Waals surface area contributed by atoms with Crippen molar-refractivity contribution in [3.8, 4) is 5.75 Å². The third kappa shape index (κ3) is 3.75. The summed E-state index contributed by atoms with van der Waals surface area (Å²) in [7, 11) is 0. The highest BCUT2D eigenvalue weighted by molar-refractivity contribution is 7.11. The molecule has 0 atom stereocenters. The van der Waals surface area contributed by atoms with Gasteiger partial charge in [0.2, 0.25) is 0 Å². The maximum Gasteiger partial charge on any atom is 0.197 e. The lowest BCUT2D eigenvalue weighted by Crippen LogP contribution is -2.08. The Morgan fingerprint density at radius 1 is 1.47 bits per heavy atom. The number of benzene rings is 1. The molecule has 102 valence electrons. The van der Waals surface area contributed by atoms with Crippen molar-refractivity contribution < 1.29 is 4.74 Å². The predicted octanol–water partition coefficient (Wildman–Crippen LogP) is 3.78. The fourth-order valence-electron chi connectivity index (χ4n) is 1.59. The quantitative estimate of drug-likeness (QED) is 0.882. The van der Waals surface area contributed by atoms with Crippen LogP contribution in [0.2, 0.25) is 5.02 Å². The number of rotatable bonds is 5. The van der Waals surface area contributed by atoms with E-state index in [1.165, 1.54) is 11.5 Å². The number of nitrogens with one attached hydrogen (secondary N) is 1. The smallest absolute Gasteiger partial charge is 0.197 e. The van der Waals surface area contributed by atoms with Crippen LogP contribution in [0.25, 0.3) is 0 Å². The van der Waals surface area contributed by atoms with Crippen LogP contribution in [0.15, 0.2) is 24.3 Å². The second-order valence-corrected chi connectivity index (χ2v) is 5.59. The van der Waals surface area contributed by atoms with Crippen LogP contribution < -0.4 is 15.8 Å². The summed E-state index contributed by atoms with van der Waals surface area (Å²) in [6, 6.07) is 7.70. The van der Waals surface area contributed by atoms with Gasteiger partial charge in [-0.15, -0.1) is 0 Å². The average molecular weight is 298 g/mol. The number of anilines is 2. The van der Waals surface area contributed by atoms with Crippen LogP contribution in [0, 0.1) is 0 Å². The van der Waals surface area contributed by atoms with Gasteiger partial charge >= 0.3 is 0 Å². The zero-order valence-corrected chi connectivity index (χ0v) is 12.4. The number of ether oxygens (including phenoxy) is 1. The van der Waals surface area contributed by atoms with Crippen LogP contribution in [-0.2, 0) is 6.54 Å². The van der Waals surface area contributed by atoms with Crippen LogP contribution in [0.3, 0.4) is 0 Å². The predicted molar refractivity (Wildman–Crippen MR) is 81.1 cm³/mol. The first-order valence-corrected chi connectivity index (χ1v) is 7.11. The van der Waals surface area contributed by atoms with Crippen molar-refractivity contribution in [2.45, 2.75) is 26.5 Å². The van der Waals surface area contributed by atoms with Crippen molar-refractivity contribution in [1.82, 2.24) is 4.37 Å². The standard InChI is InChI=1S/C13H16ClN3OS/c1-8(2)18-11-12(15)17-19-13(11)16-7-9-4-3-5-10(14)6-9/h3-6,8,16H,7H2,1-2H3,(H2,15,17). The zero-order valence-electron chi connectivity index (χ0n) is 10.8. The van der Waals surface area contributed by atoms with E-state index in [4.69, 9.17) is 22.1 Å². The van der Waals surface area contributed by atoms with Crippen molar-refractivity contribution in [2.75, 3.05) is 11.1 Å². The van der Waals surface area contributed by atoms with Crippen molar-refractivity contribution >= 4 is 34.0 Å². The van der Waals surface area contributed by atoms with Gasteiger partial charge in [0.05, 0.1) is 6.10 Å². The van der Waals surface area contributed by atoms with E-state index in [1.54, 1.807) is 0 Å². The molecule has 0 unspecified atom stereocenters. The van der Waals surface area contributed by atoms with E-state index in [0.717, 1.165) is 15.6 Å². The Kier molecular flexibility index (Phi) is 4.50. The molecule has 0 saturated heterocycles. The minimum absolute atomic E-state index is 0.0606. The first-order chi connectivity index (χ1) is 9.06. The largest absolute Gasteiger partial charge is 0.484 e. The van der Waals surface area contributed by atoms with Crippen LogP contribution in [0.4, 0.5) is 10.8 Å². The lowest BCUT2D eigenvalue weighted by molar-refractivity contribution is 0.245. The highest BCUT2D eigenvalue weighted by Gasteiger charge is 2.14. The lowest BCUT2D eigenvalue weighted by Gasteiger charge is -2.11. The molecule has 0 bridgehead atoms. The van der Waals surface area contributed by atoms with Crippen molar-refractivity contribution in [3.05, 3.63) is 34.9 Å². The summed E-state index contributed by atoms with van der Waals surface area (Å²) in [4.78, 5) is 0. The van der Waals surface area contributed by atoms with E-state index in [-0.39, 0.29) is 6.10 Å². The summed E-state index contributed by atoms with van der Waals surface area (Å²) in [5.41, 5.74) is 6.89. The second-order valence-electron chi connectivity index (χ2n) is 4.38. The first-order valence-electron chi connectivity index (χ1n) is 5.96. The summed E-state index contributed by atoms with van der Waals surface area (Å²) in [6.07, 6.45) is 0.0606. The minimum Gasteiger partial charge on any atom is -0.484 e. The fraction of sp³-hybridized carbons (Fsp3) is 0.308. The number of nitrogens with zero attached hydrogens (tertiary/aromatic N) is 1. The zero-order chi connectivity index (χ0) is 13.8. The molecule has 1 aromatic carbocycles. The van der Waals surface area contributed by atoms with Crippen LogP contribution in [-0.4, -0.2) is 10.5 Å².